The van der Waals surface area contributed by atoms with E-state index >= 15 is 0 Å². The Hall–Kier alpha value is -1.06. The summed E-state index contributed by atoms with van der Waals surface area (Å²) in [6.07, 6.45) is -0.0540. The zero-order valence-corrected chi connectivity index (χ0v) is 7.70. The molecule has 0 aromatic heterocycles. The molecule has 0 bridgehead atoms. The maximum absolute atomic E-state index is 9.63. The van der Waals surface area contributed by atoms with Crippen molar-refractivity contribution in [3.05, 3.63) is 29.3 Å². The number of aliphatic hydroxyl groups is 1. The van der Waals surface area contributed by atoms with E-state index in [0.717, 1.165) is 11.1 Å². The second kappa shape index (κ2) is 4.25. The summed E-state index contributed by atoms with van der Waals surface area (Å²) in [7, 11) is 0. The molecular weight excluding hydrogens is 166 g/mol. The van der Waals surface area contributed by atoms with Crippen LogP contribution < -0.4 is 5.73 Å². The Morgan fingerprint density at radius 1 is 1.46 bits per heavy atom. The first-order valence-electron chi connectivity index (χ1n) is 4.33. The molecule has 0 radical (unpaired) electrons. The molecule has 0 aliphatic rings. The highest BCUT2D eigenvalue weighted by atomic mass is 16.3. The van der Waals surface area contributed by atoms with Gasteiger partial charge in [0.15, 0.2) is 0 Å². The highest BCUT2D eigenvalue weighted by Gasteiger charge is 2.10. The largest absolute Gasteiger partial charge is 0.508 e. The van der Waals surface area contributed by atoms with Crippen molar-refractivity contribution in [2.24, 2.45) is 5.73 Å². The lowest BCUT2D eigenvalue weighted by Gasteiger charge is -2.13. The predicted octanol–water partition coefficient (Wildman–Crippen LogP) is 1.08. The number of hydrogen-bond acceptors (Lipinski definition) is 3. The quantitative estimate of drug-likeness (QED) is 0.653. The van der Waals surface area contributed by atoms with Crippen LogP contribution >= 0.6 is 0 Å². The number of rotatable bonds is 3. The van der Waals surface area contributed by atoms with Crippen molar-refractivity contribution in [1.29, 1.82) is 0 Å². The third-order valence-electron chi connectivity index (χ3n) is 2.15. The summed E-state index contributed by atoms with van der Waals surface area (Å²) >= 11 is 0. The lowest BCUT2D eigenvalue weighted by Crippen LogP contribution is -2.07. The molecular formula is C10H15NO2. The SMILES string of the molecule is Cc1c(O)cccc1C(O)CCN. The van der Waals surface area contributed by atoms with Crippen LogP contribution in [0.2, 0.25) is 0 Å². The molecule has 0 fully saturated rings. The summed E-state index contributed by atoms with van der Waals surface area (Å²) in [5, 5.41) is 19.0. The van der Waals surface area contributed by atoms with Gasteiger partial charge in [0, 0.05) is 0 Å². The molecule has 72 valence electrons. The van der Waals surface area contributed by atoms with Crippen LogP contribution in [0, 0.1) is 6.92 Å². The summed E-state index contributed by atoms with van der Waals surface area (Å²) in [5.74, 6) is 0.216. The van der Waals surface area contributed by atoms with Crippen LogP contribution in [0.25, 0.3) is 0 Å². The number of phenols is 1. The Labute approximate surface area is 77.8 Å². The molecule has 0 saturated heterocycles. The van der Waals surface area contributed by atoms with Crippen molar-refractivity contribution in [2.45, 2.75) is 19.4 Å². The number of hydrogen-bond donors (Lipinski definition) is 3. The van der Waals surface area contributed by atoms with Crippen LogP contribution in [0.1, 0.15) is 23.7 Å². The Kier molecular flexibility index (Phi) is 3.28. The molecule has 0 saturated carbocycles. The van der Waals surface area contributed by atoms with E-state index in [0.29, 0.717) is 13.0 Å². The number of benzene rings is 1. The van der Waals surface area contributed by atoms with E-state index < -0.39 is 6.10 Å². The number of aromatic hydroxyl groups is 1. The van der Waals surface area contributed by atoms with E-state index in [4.69, 9.17) is 5.73 Å². The molecule has 0 amide bonds. The number of aliphatic hydroxyl groups excluding tert-OH is 1. The summed E-state index contributed by atoms with van der Waals surface area (Å²) in [5.41, 5.74) is 6.81. The van der Waals surface area contributed by atoms with Gasteiger partial charge in [-0.05, 0) is 37.1 Å². The Morgan fingerprint density at radius 2 is 2.15 bits per heavy atom. The first kappa shape index (κ1) is 10.0. The third kappa shape index (κ3) is 2.20. The van der Waals surface area contributed by atoms with Crippen LogP contribution in [0.4, 0.5) is 0 Å². The molecule has 1 unspecified atom stereocenters. The minimum atomic E-state index is -0.572. The van der Waals surface area contributed by atoms with Crippen LogP contribution in [0.5, 0.6) is 5.75 Å². The van der Waals surface area contributed by atoms with Gasteiger partial charge in [0.2, 0.25) is 0 Å². The van der Waals surface area contributed by atoms with E-state index in [1.165, 1.54) is 0 Å². The monoisotopic (exact) mass is 181 g/mol. The third-order valence-corrected chi connectivity index (χ3v) is 2.15. The van der Waals surface area contributed by atoms with Crippen molar-refractivity contribution in [2.75, 3.05) is 6.54 Å². The molecule has 1 atom stereocenters. The van der Waals surface area contributed by atoms with E-state index in [-0.39, 0.29) is 5.75 Å². The molecule has 3 heteroatoms. The second-order valence-electron chi connectivity index (χ2n) is 3.08. The van der Waals surface area contributed by atoms with E-state index in [2.05, 4.69) is 0 Å². The Morgan fingerprint density at radius 3 is 2.77 bits per heavy atom. The fraction of sp³-hybridized carbons (Fsp3) is 0.400. The van der Waals surface area contributed by atoms with Gasteiger partial charge in [-0.15, -0.1) is 0 Å². The van der Waals surface area contributed by atoms with E-state index in [9.17, 15) is 10.2 Å². The first-order valence-corrected chi connectivity index (χ1v) is 4.33. The van der Waals surface area contributed by atoms with Crippen LogP contribution in [-0.4, -0.2) is 16.8 Å². The summed E-state index contributed by atoms with van der Waals surface area (Å²) in [6.45, 7) is 2.22. The van der Waals surface area contributed by atoms with Gasteiger partial charge in [0.1, 0.15) is 5.75 Å². The summed E-state index contributed by atoms with van der Waals surface area (Å²) in [6, 6.07) is 5.13. The van der Waals surface area contributed by atoms with Gasteiger partial charge in [-0.1, -0.05) is 12.1 Å². The zero-order valence-electron chi connectivity index (χ0n) is 7.70. The van der Waals surface area contributed by atoms with Gasteiger partial charge in [0.05, 0.1) is 6.10 Å². The maximum atomic E-state index is 9.63. The van der Waals surface area contributed by atoms with Gasteiger partial charge in [-0.3, -0.25) is 0 Å². The van der Waals surface area contributed by atoms with Gasteiger partial charge >= 0.3 is 0 Å². The first-order chi connectivity index (χ1) is 6.16. The van der Waals surface area contributed by atoms with Crippen molar-refractivity contribution < 1.29 is 10.2 Å². The van der Waals surface area contributed by atoms with Gasteiger partial charge in [-0.25, -0.2) is 0 Å². The molecule has 0 aliphatic carbocycles. The minimum absolute atomic E-state index is 0.216. The van der Waals surface area contributed by atoms with Crippen LogP contribution in [0.15, 0.2) is 18.2 Å². The lowest BCUT2D eigenvalue weighted by atomic mass is 10.0. The average molecular weight is 181 g/mol. The second-order valence-corrected chi connectivity index (χ2v) is 3.08. The van der Waals surface area contributed by atoms with E-state index in [1.807, 2.05) is 0 Å². The van der Waals surface area contributed by atoms with Crippen molar-refractivity contribution in [3.63, 3.8) is 0 Å². The number of phenolic OH excluding ortho intramolecular Hbond substituents is 1. The molecule has 1 aromatic rings. The smallest absolute Gasteiger partial charge is 0.118 e. The molecule has 13 heavy (non-hydrogen) atoms. The van der Waals surface area contributed by atoms with E-state index in [1.54, 1.807) is 25.1 Å². The predicted molar refractivity (Wildman–Crippen MR) is 51.5 cm³/mol. The van der Waals surface area contributed by atoms with Gasteiger partial charge in [-0.2, -0.15) is 0 Å². The molecule has 1 rings (SSSR count). The van der Waals surface area contributed by atoms with Crippen LogP contribution in [-0.2, 0) is 0 Å². The fourth-order valence-corrected chi connectivity index (χ4v) is 1.32. The fourth-order valence-electron chi connectivity index (χ4n) is 1.32. The molecule has 4 N–H and O–H groups in total. The van der Waals surface area contributed by atoms with Crippen molar-refractivity contribution in [1.82, 2.24) is 0 Å². The normalized spacial score (nSPS) is 12.8. The van der Waals surface area contributed by atoms with Crippen LogP contribution in [0.3, 0.4) is 0 Å². The van der Waals surface area contributed by atoms with Crippen molar-refractivity contribution >= 4 is 0 Å². The average Bonchev–Trinajstić information content (AvgIpc) is 2.10. The maximum Gasteiger partial charge on any atom is 0.118 e. The zero-order chi connectivity index (χ0) is 9.84. The highest BCUT2D eigenvalue weighted by molar-refractivity contribution is 5.39. The Bertz CT molecular complexity index is 286. The molecule has 3 nitrogen and oxygen atoms in total. The highest BCUT2D eigenvalue weighted by Crippen LogP contribution is 2.26. The molecule has 0 aliphatic heterocycles. The minimum Gasteiger partial charge on any atom is -0.508 e. The summed E-state index contributed by atoms with van der Waals surface area (Å²) < 4.78 is 0. The van der Waals surface area contributed by atoms with Gasteiger partial charge in [0.25, 0.3) is 0 Å². The molecule has 0 spiro atoms. The summed E-state index contributed by atoms with van der Waals surface area (Å²) in [4.78, 5) is 0. The number of nitrogens with two attached hydrogens (primary N) is 1. The van der Waals surface area contributed by atoms with Gasteiger partial charge < -0.3 is 15.9 Å². The standard InChI is InChI=1S/C10H15NO2/c1-7-8(10(13)5-6-11)3-2-4-9(7)12/h2-4,10,12-13H,5-6,11H2,1H3. The van der Waals surface area contributed by atoms with Crippen molar-refractivity contribution in [3.8, 4) is 5.75 Å². The molecule has 0 heterocycles. The Balaban J connectivity index is 2.93. The topological polar surface area (TPSA) is 66.5 Å². The molecule has 1 aromatic carbocycles. The lowest BCUT2D eigenvalue weighted by molar-refractivity contribution is 0.169.